The molecule has 1 aromatic heterocycles. The number of aromatic nitrogens is 2. The second kappa shape index (κ2) is 7.93. The van der Waals surface area contributed by atoms with Crippen LogP contribution >= 0.6 is 0 Å². The first kappa shape index (κ1) is 17.9. The number of hydrogen-bond donors (Lipinski definition) is 5. The van der Waals surface area contributed by atoms with Crippen LogP contribution in [0.15, 0.2) is 40.1 Å². The van der Waals surface area contributed by atoms with E-state index in [0.717, 1.165) is 6.20 Å². The van der Waals surface area contributed by atoms with Crippen LogP contribution in [0.5, 0.6) is 5.75 Å². The molecule has 1 aromatic carbocycles. The van der Waals surface area contributed by atoms with Crippen LogP contribution in [-0.4, -0.2) is 46.6 Å². The fourth-order valence-corrected chi connectivity index (χ4v) is 1.94. The summed E-state index contributed by atoms with van der Waals surface area (Å²) in [5, 5.41) is 14.1. The Morgan fingerprint density at radius 2 is 2.08 bits per heavy atom. The highest BCUT2D eigenvalue weighted by molar-refractivity contribution is 6.01. The average molecular weight is 348 g/mol. The molecular formula is C15H16N4O6. The third-order valence-electron chi connectivity index (χ3n) is 3.21. The maximum atomic E-state index is 12.2. The molecule has 0 fully saturated rings. The SMILES string of the molecule is COc1cccc(NC(=O)C(CO)NC(=O)c2c[nH]c(=O)[nH]c2=O)c1. The van der Waals surface area contributed by atoms with Gasteiger partial charge in [-0.25, -0.2) is 4.79 Å². The van der Waals surface area contributed by atoms with Crippen LogP contribution in [0.4, 0.5) is 5.69 Å². The number of rotatable bonds is 6. The number of ether oxygens (including phenoxy) is 1. The van der Waals surface area contributed by atoms with Gasteiger partial charge >= 0.3 is 5.69 Å². The van der Waals surface area contributed by atoms with Crippen molar-refractivity contribution in [1.82, 2.24) is 15.3 Å². The number of H-pyrrole nitrogens is 2. The summed E-state index contributed by atoms with van der Waals surface area (Å²) in [4.78, 5) is 50.8. The van der Waals surface area contributed by atoms with Crippen molar-refractivity contribution in [3.8, 4) is 5.75 Å². The summed E-state index contributed by atoms with van der Waals surface area (Å²) in [5.41, 5.74) is -1.67. The van der Waals surface area contributed by atoms with Crippen molar-refractivity contribution >= 4 is 17.5 Å². The predicted octanol–water partition coefficient (Wildman–Crippen LogP) is -1.20. The van der Waals surface area contributed by atoms with Crippen LogP contribution < -0.4 is 26.6 Å². The highest BCUT2D eigenvalue weighted by atomic mass is 16.5. The fraction of sp³-hybridized carbons (Fsp3) is 0.200. The standard InChI is InChI=1S/C15H16N4O6/c1-25-9-4-2-3-8(5-9)17-14(23)11(7-20)18-12(21)10-6-16-15(24)19-13(10)22/h2-6,11,20H,7H2,1H3,(H,17,23)(H,18,21)(H2,16,19,22,24). The van der Waals surface area contributed by atoms with E-state index in [9.17, 15) is 24.3 Å². The van der Waals surface area contributed by atoms with E-state index in [4.69, 9.17) is 4.74 Å². The van der Waals surface area contributed by atoms with E-state index in [1.165, 1.54) is 7.11 Å². The summed E-state index contributed by atoms with van der Waals surface area (Å²) in [6.07, 6.45) is 0.922. The summed E-state index contributed by atoms with van der Waals surface area (Å²) >= 11 is 0. The van der Waals surface area contributed by atoms with Gasteiger partial charge < -0.3 is 25.5 Å². The van der Waals surface area contributed by atoms with Gasteiger partial charge in [-0.2, -0.15) is 0 Å². The van der Waals surface area contributed by atoms with Gasteiger partial charge in [0, 0.05) is 18.0 Å². The lowest BCUT2D eigenvalue weighted by molar-refractivity contribution is -0.118. The Labute approximate surface area is 140 Å². The fourth-order valence-electron chi connectivity index (χ4n) is 1.94. The van der Waals surface area contributed by atoms with Gasteiger partial charge in [-0.1, -0.05) is 6.07 Å². The molecule has 0 aliphatic carbocycles. The smallest absolute Gasteiger partial charge is 0.325 e. The minimum absolute atomic E-state index is 0.396. The van der Waals surface area contributed by atoms with Crippen molar-refractivity contribution in [3.05, 3.63) is 56.9 Å². The highest BCUT2D eigenvalue weighted by Crippen LogP contribution is 2.16. The second-order valence-electron chi connectivity index (χ2n) is 4.92. The summed E-state index contributed by atoms with van der Waals surface area (Å²) in [6, 6.07) is 5.19. The van der Waals surface area contributed by atoms with E-state index in [-0.39, 0.29) is 0 Å². The van der Waals surface area contributed by atoms with Crippen molar-refractivity contribution < 1.29 is 19.4 Å². The molecule has 10 heteroatoms. The zero-order chi connectivity index (χ0) is 18.4. The number of carbonyl (C=O) groups excluding carboxylic acids is 2. The zero-order valence-electron chi connectivity index (χ0n) is 13.2. The molecule has 132 valence electrons. The Hall–Kier alpha value is -3.40. The topological polar surface area (TPSA) is 153 Å². The van der Waals surface area contributed by atoms with E-state index < -0.39 is 41.3 Å². The summed E-state index contributed by atoms with van der Waals surface area (Å²) in [5.74, 6) is -1.09. The number of carbonyl (C=O) groups is 2. The van der Waals surface area contributed by atoms with Crippen molar-refractivity contribution in [2.75, 3.05) is 19.0 Å². The van der Waals surface area contributed by atoms with Crippen LogP contribution in [0.2, 0.25) is 0 Å². The molecule has 0 radical (unpaired) electrons. The molecule has 1 unspecified atom stereocenters. The number of nitrogens with one attached hydrogen (secondary N) is 4. The molecule has 10 nitrogen and oxygen atoms in total. The third-order valence-corrected chi connectivity index (χ3v) is 3.21. The average Bonchev–Trinajstić information content (AvgIpc) is 2.59. The Bertz CT molecular complexity index is 888. The minimum atomic E-state index is -1.30. The van der Waals surface area contributed by atoms with Gasteiger partial charge in [0.25, 0.3) is 11.5 Å². The molecular weight excluding hydrogens is 332 g/mol. The van der Waals surface area contributed by atoms with Crippen molar-refractivity contribution in [1.29, 1.82) is 0 Å². The number of aromatic amines is 2. The monoisotopic (exact) mass is 348 g/mol. The summed E-state index contributed by atoms with van der Waals surface area (Å²) in [7, 11) is 1.47. The zero-order valence-corrected chi connectivity index (χ0v) is 13.2. The molecule has 0 aliphatic heterocycles. The normalized spacial score (nSPS) is 11.4. The maximum absolute atomic E-state index is 12.2. The minimum Gasteiger partial charge on any atom is -0.497 e. The Morgan fingerprint density at radius 1 is 1.32 bits per heavy atom. The molecule has 0 aliphatic rings. The number of benzene rings is 1. The summed E-state index contributed by atoms with van der Waals surface area (Å²) < 4.78 is 5.03. The molecule has 1 heterocycles. The lowest BCUT2D eigenvalue weighted by atomic mass is 10.2. The largest absolute Gasteiger partial charge is 0.497 e. The molecule has 0 saturated carbocycles. The van der Waals surface area contributed by atoms with Gasteiger partial charge in [0.05, 0.1) is 13.7 Å². The van der Waals surface area contributed by atoms with Crippen molar-refractivity contribution in [2.45, 2.75) is 6.04 Å². The number of hydrogen-bond acceptors (Lipinski definition) is 6. The number of anilines is 1. The molecule has 1 atom stereocenters. The van der Waals surface area contributed by atoms with Gasteiger partial charge in [0.15, 0.2) is 0 Å². The second-order valence-corrected chi connectivity index (χ2v) is 4.92. The van der Waals surface area contributed by atoms with Crippen LogP contribution in [0.1, 0.15) is 10.4 Å². The number of aliphatic hydroxyl groups excluding tert-OH is 1. The molecule has 0 bridgehead atoms. The quantitative estimate of drug-likeness (QED) is 0.442. The number of methoxy groups -OCH3 is 1. The molecule has 0 saturated heterocycles. The van der Waals surface area contributed by atoms with Crippen molar-refractivity contribution in [3.63, 3.8) is 0 Å². The van der Waals surface area contributed by atoms with E-state index >= 15 is 0 Å². The molecule has 25 heavy (non-hydrogen) atoms. The van der Waals surface area contributed by atoms with Gasteiger partial charge in [-0.05, 0) is 12.1 Å². The molecule has 0 spiro atoms. The molecule has 2 rings (SSSR count). The van der Waals surface area contributed by atoms with Crippen LogP contribution in [0, 0.1) is 0 Å². The first-order valence-electron chi connectivity index (χ1n) is 7.13. The van der Waals surface area contributed by atoms with Gasteiger partial charge in [0.2, 0.25) is 5.91 Å². The molecule has 5 N–H and O–H groups in total. The van der Waals surface area contributed by atoms with Crippen LogP contribution in [0.25, 0.3) is 0 Å². The Balaban J connectivity index is 2.10. The van der Waals surface area contributed by atoms with E-state index in [1.54, 1.807) is 24.3 Å². The molecule has 2 aromatic rings. The van der Waals surface area contributed by atoms with E-state index in [2.05, 4.69) is 15.6 Å². The Morgan fingerprint density at radius 3 is 2.72 bits per heavy atom. The van der Waals surface area contributed by atoms with Gasteiger partial charge in [0.1, 0.15) is 17.4 Å². The first-order valence-corrected chi connectivity index (χ1v) is 7.13. The van der Waals surface area contributed by atoms with Gasteiger partial charge in [-0.15, -0.1) is 0 Å². The lowest BCUT2D eigenvalue weighted by Gasteiger charge is -2.16. The van der Waals surface area contributed by atoms with Crippen LogP contribution in [0.3, 0.4) is 0 Å². The van der Waals surface area contributed by atoms with Gasteiger partial charge in [-0.3, -0.25) is 19.4 Å². The number of aliphatic hydroxyl groups is 1. The lowest BCUT2D eigenvalue weighted by Crippen LogP contribution is -2.47. The maximum Gasteiger partial charge on any atom is 0.325 e. The summed E-state index contributed by atoms with van der Waals surface area (Å²) in [6.45, 7) is -0.692. The Kier molecular flexibility index (Phi) is 5.69. The third kappa shape index (κ3) is 4.54. The van der Waals surface area contributed by atoms with Crippen molar-refractivity contribution in [2.24, 2.45) is 0 Å². The number of amides is 2. The molecule has 2 amide bonds. The first-order chi connectivity index (χ1) is 11.9. The predicted molar refractivity (Wildman–Crippen MR) is 87.6 cm³/mol. The van der Waals surface area contributed by atoms with Crippen LogP contribution in [-0.2, 0) is 4.79 Å². The highest BCUT2D eigenvalue weighted by Gasteiger charge is 2.22. The van der Waals surface area contributed by atoms with E-state index in [0.29, 0.717) is 11.4 Å². The van der Waals surface area contributed by atoms with E-state index in [1.807, 2.05) is 4.98 Å².